The predicted octanol–water partition coefficient (Wildman–Crippen LogP) is 3.62. The fraction of sp³-hybridized carbons (Fsp3) is 0.571. The lowest BCUT2D eigenvalue weighted by molar-refractivity contribution is -0.175. The molecule has 1 saturated heterocycles. The molecule has 0 amide bonds. The first-order chi connectivity index (χ1) is 9.41. The van der Waals surface area contributed by atoms with Crippen LogP contribution in [0.5, 0.6) is 0 Å². The fourth-order valence-corrected chi connectivity index (χ4v) is 2.91. The molecule has 2 N–H and O–H groups in total. The largest absolute Gasteiger partial charge is 0.393 e. The van der Waals surface area contributed by atoms with E-state index in [4.69, 9.17) is 17.3 Å². The molecule has 1 aromatic carbocycles. The molecule has 0 aliphatic carbocycles. The van der Waals surface area contributed by atoms with Crippen molar-refractivity contribution >= 4 is 17.3 Å². The molecular weight excluding hydrogens is 289 g/mol. The molecule has 1 aliphatic heterocycles. The number of halogens is 4. The summed E-state index contributed by atoms with van der Waals surface area (Å²) >= 11 is 6.20. The lowest BCUT2D eigenvalue weighted by Crippen LogP contribution is -2.41. The monoisotopic (exact) mass is 306 g/mol. The second kappa shape index (κ2) is 6.22. The highest BCUT2D eigenvalue weighted by Crippen LogP contribution is 2.36. The highest BCUT2D eigenvalue weighted by molar-refractivity contribution is 6.33. The maximum Gasteiger partial charge on any atom is 0.393 e. The van der Waals surface area contributed by atoms with Crippen molar-refractivity contribution in [3.8, 4) is 0 Å². The van der Waals surface area contributed by atoms with E-state index in [0.717, 1.165) is 5.56 Å². The molecule has 0 aromatic heterocycles. The van der Waals surface area contributed by atoms with Crippen LogP contribution in [-0.4, -0.2) is 25.8 Å². The van der Waals surface area contributed by atoms with E-state index in [1.54, 1.807) is 17.0 Å². The molecule has 2 rings (SSSR count). The highest BCUT2D eigenvalue weighted by atomic mass is 35.5. The Morgan fingerprint density at radius 1 is 1.35 bits per heavy atom. The Balaban J connectivity index is 2.15. The van der Waals surface area contributed by atoms with Gasteiger partial charge in [0.25, 0.3) is 0 Å². The Morgan fingerprint density at radius 2 is 2.10 bits per heavy atom. The molecule has 1 fully saturated rings. The number of benzene rings is 1. The van der Waals surface area contributed by atoms with Gasteiger partial charge in [0.05, 0.1) is 16.6 Å². The van der Waals surface area contributed by atoms with Crippen LogP contribution in [0, 0.1) is 5.92 Å². The van der Waals surface area contributed by atoms with Crippen molar-refractivity contribution in [1.29, 1.82) is 0 Å². The molecule has 0 saturated carbocycles. The van der Waals surface area contributed by atoms with E-state index in [0.29, 0.717) is 36.6 Å². The van der Waals surface area contributed by atoms with Crippen molar-refractivity contribution in [1.82, 2.24) is 0 Å². The molecule has 0 radical (unpaired) electrons. The van der Waals surface area contributed by atoms with E-state index in [1.165, 1.54) is 0 Å². The first kappa shape index (κ1) is 15.4. The van der Waals surface area contributed by atoms with Gasteiger partial charge in [0.2, 0.25) is 0 Å². The van der Waals surface area contributed by atoms with Crippen molar-refractivity contribution in [2.75, 3.05) is 24.5 Å². The van der Waals surface area contributed by atoms with Gasteiger partial charge < -0.3 is 10.6 Å². The molecule has 1 aliphatic rings. The van der Waals surface area contributed by atoms with Crippen LogP contribution < -0.4 is 10.6 Å². The van der Waals surface area contributed by atoms with Crippen LogP contribution in [0.15, 0.2) is 18.2 Å². The van der Waals surface area contributed by atoms with Crippen molar-refractivity contribution in [3.05, 3.63) is 28.8 Å². The minimum atomic E-state index is -4.13. The Morgan fingerprint density at radius 3 is 2.70 bits per heavy atom. The number of piperidine rings is 1. The van der Waals surface area contributed by atoms with Crippen LogP contribution in [0.4, 0.5) is 18.9 Å². The van der Waals surface area contributed by atoms with Gasteiger partial charge in [-0.05, 0) is 43.5 Å². The summed E-state index contributed by atoms with van der Waals surface area (Å²) in [4.78, 5) is 1.73. The van der Waals surface area contributed by atoms with Gasteiger partial charge in [-0.15, -0.1) is 0 Å². The molecule has 1 unspecified atom stereocenters. The number of anilines is 1. The summed E-state index contributed by atoms with van der Waals surface area (Å²) in [6.45, 7) is 1.12. The third kappa shape index (κ3) is 3.58. The van der Waals surface area contributed by atoms with Crippen LogP contribution in [0.25, 0.3) is 0 Å². The number of nitrogens with two attached hydrogens (primary N) is 1. The highest BCUT2D eigenvalue weighted by Gasteiger charge is 2.42. The van der Waals surface area contributed by atoms with Crippen LogP contribution in [0.3, 0.4) is 0 Å². The molecule has 112 valence electrons. The van der Waals surface area contributed by atoms with Gasteiger partial charge in [0, 0.05) is 13.1 Å². The Bertz CT molecular complexity index is 462. The molecule has 1 atom stereocenters. The minimum absolute atomic E-state index is 0.0144. The zero-order valence-electron chi connectivity index (χ0n) is 11.1. The zero-order valence-corrected chi connectivity index (χ0v) is 11.8. The molecule has 1 aromatic rings. The van der Waals surface area contributed by atoms with Crippen molar-refractivity contribution < 1.29 is 13.2 Å². The van der Waals surface area contributed by atoms with Gasteiger partial charge in [0.15, 0.2) is 0 Å². The van der Waals surface area contributed by atoms with Crippen molar-refractivity contribution in [2.45, 2.75) is 25.4 Å². The second-order valence-electron chi connectivity index (χ2n) is 5.15. The molecule has 1 heterocycles. The number of alkyl halides is 3. The Hall–Kier alpha value is -0.940. The lowest BCUT2D eigenvalue weighted by Gasteiger charge is -2.35. The number of rotatable bonds is 3. The molecule has 20 heavy (non-hydrogen) atoms. The van der Waals surface area contributed by atoms with E-state index in [-0.39, 0.29) is 13.0 Å². The van der Waals surface area contributed by atoms with Gasteiger partial charge in [0.1, 0.15) is 0 Å². The first-order valence-corrected chi connectivity index (χ1v) is 7.09. The van der Waals surface area contributed by atoms with E-state index in [9.17, 15) is 13.2 Å². The fourth-order valence-electron chi connectivity index (χ4n) is 2.59. The van der Waals surface area contributed by atoms with Gasteiger partial charge in [-0.3, -0.25) is 0 Å². The minimum Gasteiger partial charge on any atom is -0.370 e. The summed E-state index contributed by atoms with van der Waals surface area (Å²) in [5.74, 6) is -1.27. The zero-order chi connectivity index (χ0) is 14.8. The topological polar surface area (TPSA) is 29.3 Å². The molecular formula is C14H18ClF3N2. The quantitative estimate of drug-likeness (QED) is 0.924. The summed E-state index contributed by atoms with van der Waals surface area (Å²) in [5, 5.41) is 0.499. The second-order valence-corrected chi connectivity index (χ2v) is 5.56. The maximum absolute atomic E-state index is 12.8. The lowest BCUT2D eigenvalue weighted by atomic mass is 9.97. The first-order valence-electron chi connectivity index (χ1n) is 6.72. The van der Waals surface area contributed by atoms with Crippen molar-refractivity contribution in [3.63, 3.8) is 0 Å². The normalized spacial score (nSPS) is 20.2. The summed E-state index contributed by atoms with van der Waals surface area (Å²) in [5.41, 5.74) is 7.17. The number of nitrogens with zero attached hydrogens (tertiary/aromatic N) is 1. The standard InChI is InChI=1S/C14H18ClF3N2/c15-12-8-10(5-6-19)3-4-13(12)20-7-1-2-11(9-20)14(16,17)18/h3-4,8,11H,1-2,5-7,9,19H2. The summed E-state index contributed by atoms with van der Waals surface area (Å²) in [6.07, 6.45) is -2.69. The number of hydrogen-bond acceptors (Lipinski definition) is 2. The van der Waals surface area contributed by atoms with Gasteiger partial charge in [-0.2, -0.15) is 13.2 Å². The average molecular weight is 307 g/mol. The Labute approximate surface area is 121 Å². The third-order valence-corrected chi connectivity index (χ3v) is 3.97. The Kier molecular flexibility index (Phi) is 4.81. The maximum atomic E-state index is 12.8. The van der Waals surface area contributed by atoms with Crippen molar-refractivity contribution in [2.24, 2.45) is 11.7 Å². The van der Waals surface area contributed by atoms with Crippen LogP contribution >= 0.6 is 11.6 Å². The van der Waals surface area contributed by atoms with Gasteiger partial charge in [-0.1, -0.05) is 17.7 Å². The van der Waals surface area contributed by atoms with Gasteiger partial charge >= 0.3 is 6.18 Å². The average Bonchev–Trinajstić information content (AvgIpc) is 2.38. The van der Waals surface area contributed by atoms with E-state index in [1.807, 2.05) is 6.07 Å². The summed E-state index contributed by atoms with van der Waals surface area (Å²) < 4.78 is 38.5. The molecule has 0 spiro atoms. The van der Waals surface area contributed by atoms with Crippen LogP contribution in [-0.2, 0) is 6.42 Å². The summed E-state index contributed by atoms with van der Waals surface area (Å²) in [7, 11) is 0. The summed E-state index contributed by atoms with van der Waals surface area (Å²) in [6, 6.07) is 5.47. The van der Waals surface area contributed by atoms with Crippen LogP contribution in [0.1, 0.15) is 18.4 Å². The van der Waals surface area contributed by atoms with E-state index >= 15 is 0 Å². The molecule has 0 bridgehead atoms. The molecule has 2 nitrogen and oxygen atoms in total. The predicted molar refractivity (Wildman–Crippen MR) is 75.2 cm³/mol. The molecule has 6 heteroatoms. The SMILES string of the molecule is NCCc1ccc(N2CCCC(C(F)(F)F)C2)c(Cl)c1. The smallest absolute Gasteiger partial charge is 0.370 e. The van der Waals surface area contributed by atoms with E-state index in [2.05, 4.69) is 0 Å². The van der Waals surface area contributed by atoms with E-state index < -0.39 is 12.1 Å². The van der Waals surface area contributed by atoms with Crippen LogP contribution in [0.2, 0.25) is 5.02 Å². The van der Waals surface area contributed by atoms with Gasteiger partial charge in [-0.25, -0.2) is 0 Å². The third-order valence-electron chi connectivity index (χ3n) is 3.67. The number of hydrogen-bond donors (Lipinski definition) is 1.